The van der Waals surface area contributed by atoms with Crippen molar-refractivity contribution < 1.29 is 5.73 Å². The summed E-state index contributed by atoms with van der Waals surface area (Å²) in [6.07, 6.45) is 3.30. The van der Waals surface area contributed by atoms with Gasteiger partial charge in [-0.15, -0.1) is 0 Å². The van der Waals surface area contributed by atoms with Gasteiger partial charge in [0.2, 0.25) is 0 Å². The van der Waals surface area contributed by atoms with Gasteiger partial charge in [-0.05, 0) is 17.5 Å². The van der Waals surface area contributed by atoms with E-state index in [0.29, 0.717) is 0 Å². The zero-order valence-electron chi connectivity index (χ0n) is 7.74. The third-order valence-electron chi connectivity index (χ3n) is 2.33. The summed E-state index contributed by atoms with van der Waals surface area (Å²) in [6.45, 7) is 2.09. The number of quaternary nitrogens is 1. The Bertz CT molecular complexity index is 390. The lowest BCUT2D eigenvalue weighted by Crippen LogP contribution is -2.50. The van der Waals surface area contributed by atoms with Crippen LogP contribution in [0.15, 0.2) is 36.5 Å². The first-order chi connectivity index (χ1) is 6.42. The quantitative estimate of drug-likeness (QED) is 0.729. The van der Waals surface area contributed by atoms with Crippen LogP contribution >= 0.6 is 0 Å². The molecule has 2 aromatic rings. The van der Waals surface area contributed by atoms with E-state index >= 15 is 0 Å². The van der Waals surface area contributed by atoms with E-state index in [-0.39, 0.29) is 0 Å². The summed E-state index contributed by atoms with van der Waals surface area (Å²) in [5.74, 6) is 0. The number of rotatable bonds is 3. The Hall–Kier alpha value is -1.28. The highest BCUT2D eigenvalue weighted by Crippen LogP contribution is 2.14. The van der Waals surface area contributed by atoms with Crippen LogP contribution in [0.4, 0.5) is 0 Å². The predicted octanol–water partition coefficient (Wildman–Crippen LogP) is 1.27. The summed E-state index contributed by atoms with van der Waals surface area (Å²) < 4.78 is 2.29. The number of aryl methyl sites for hydroxylation is 1. The second-order valence-electron chi connectivity index (χ2n) is 3.28. The average molecular weight is 175 g/mol. The van der Waals surface area contributed by atoms with Gasteiger partial charge in [0.25, 0.3) is 0 Å². The summed E-state index contributed by atoms with van der Waals surface area (Å²) in [6, 6.07) is 10.6. The first kappa shape index (κ1) is 8.32. The molecule has 2 heteroatoms. The second kappa shape index (κ2) is 3.62. The molecule has 1 aromatic heterocycles. The third-order valence-corrected chi connectivity index (χ3v) is 2.33. The van der Waals surface area contributed by atoms with E-state index in [2.05, 4.69) is 46.8 Å². The van der Waals surface area contributed by atoms with Gasteiger partial charge in [-0.3, -0.25) is 0 Å². The average Bonchev–Trinajstić information content (AvgIpc) is 2.58. The first-order valence-corrected chi connectivity index (χ1v) is 4.75. The first-order valence-electron chi connectivity index (χ1n) is 4.75. The maximum Gasteiger partial charge on any atom is 0.0757 e. The van der Waals surface area contributed by atoms with Crippen molar-refractivity contribution in [2.45, 2.75) is 13.0 Å². The highest BCUT2D eigenvalue weighted by Gasteiger charge is 1.98. The van der Waals surface area contributed by atoms with Gasteiger partial charge in [-0.25, -0.2) is 0 Å². The van der Waals surface area contributed by atoms with Crippen LogP contribution in [0, 0.1) is 0 Å². The summed E-state index contributed by atoms with van der Waals surface area (Å²) in [5, 5.41) is 1.33. The largest absolute Gasteiger partial charge is 0.358 e. The number of hydrogen-bond acceptors (Lipinski definition) is 0. The number of aromatic nitrogens is 1. The molecule has 1 aromatic carbocycles. The van der Waals surface area contributed by atoms with E-state index in [0.717, 1.165) is 19.5 Å². The topological polar surface area (TPSA) is 32.6 Å². The smallest absolute Gasteiger partial charge is 0.0757 e. The Labute approximate surface area is 78.0 Å². The Balaban J connectivity index is 2.35. The maximum atomic E-state index is 3.85. The van der Waals surface area contributed by atoms with Crippen molar-refractivity contribution in [1.29, 1.82) is 0 Å². The molecule has 3 N–H and O–H groups in total. The number of hydrogen-bond donors (Lipinski definition) is 1. The molecule has 0 bridgehead atoms. The van der Waals surface area contributed by atoms with Crippen LogP contribution in [0.5, 0.6) is 0 Å². The van der Waals surface area contributed by atoms with Crippen molar-refractivity contribution in [2.75, 3.05) is 6.54 Å². The number of nitrogens with zero attached hydrogens (tertiary/aromatic N) is 1. The lowest BCUT2D eigenvalue weighted by Gasteiger charge is -2.02. The molecule has 1 heterocycles. The van der Waals surface area contributed by atoms with Crippen molar-refractivity contribution >= 4 is 10.9 Å². The number of para-hydroxylation sites is 1. The van der Waals surface area contributed by atoms with E-state index < -0.39 is 0 Å². The van der Waals surface area contributed by atoms with Crippen LogP contribution in [0.25, 0.3) is 10.9 Å². The maximum absolute atomic E-state index is 3.85. The Morgan fingerprint density at radius 1 is 1.15 bits per heavy atom. The van der Waals surface area contributed by atoms with Crippen LogP contribution in [0.2, 0.25) is 0 Å². The Kier molecular flexibility index (Phi) is 2.32. The Morgan fingerprint density at radius 3 is 2.85 bits per heavy atom. The van der Waals surface area contributed by atoms with E-state index in [1.54, 1.807) is 0 Å². The van der Waals surface area contributed by atoms with Gasteiger partial charge >= 0.3 is 0 Å². The second-order valence-corrected chi connectivity index (χ2v) is 3.28. The predicted molar refractivity (Wildman–Crippen MR) is 54.3 cm³/mol. The van der Waals surface area contributed by atoms with Crippen molar-refractivity contribution in [2.24, 2.45) is 0 Å². The zero-order valence-corrected chi connectivity index (χ0v) is 7.74. The van der Waals surface area contributed by atoms with Crippen LogP contribution in [0.3, 0.4) is 0 Å². The molecule has 0 fully saturated rings. The number of benzene rings is 1. The van der Waals surface area contributed by atoms with E-state index in [1.165, 1.54) is 10.9 Å². The monoisotopic (exact) mass is 175 g/mol. The minimum Gasteiger partial charge on any atom is -0.358 e. The SMILES string of the molecule is [NH3+]CCCn1ccc2ccccc21. The van der Waals surface area contributed by atoms with Gasteiger partial charge in [0.05, 0.1) is 6.54 Å². The fourth-order valence-corrected chi connectivity index (χ4v) is 1.62. The lowest BCUT2D eigenvalue weighted by atomic mass is 10.2. The summed E-state index contributed by atoms with van der Waals surface area (Å²) in [7, 11) is 0. The van der Waals surface area contributed by atoms with E-state index in [9.17, 15) is 0 Å². The standard InChI is InChI=1S/C11H14N2/c12-7-3-8-13-9-6-10-4-1-2-5-11(10)13/h1-2,4-6,9H,3,7-8,12H2/p+1. The molecule has 0 unspecified atom stereocenters. The highest BCUT2D eigenvalue weighted by molar-refractivity contribution is 5.79. The highest BCUT2D eigenvalue weighted by atomic mass is 14.9. The van der Waals surface area contributed by atoms with Gasteiger partial charge in [-0.2, -0.15) is 0 Å². The molecule has 2 rings (SSSR count). The fourth-order valence-electron chi connectivity index (χ4n) is 1.62. The van der Waals surface area contributed by atoms with Crippen molar-refractivity contribution in [3.8, 4) is 0 Å². The van der Waals surface area contributed by atoms with Crippen molar-refractivity contribution in [3.05, 3.63) is 36.5 Å². The summed E-state index contributed by atoms with van der Waals surface area (Å²) >= 11 is 0. The van der Waals surface area contributed by atoms with E-state index in [4.69, 9.17) is 0 Å². The van der Waals surface area contributed by atoms with Crippen molar-refractivity contribution in [3.63, 3.8) is 0 Å². The molecule has 0 spiro atoms. The van der Waals surface area contributed by atoms with E-state index in [1.807, 2.05) is 0 Å². The van der Waals surface area contributed by atoms with Gasteiger partial charge in [-0.1, -0.05) is 18.2 Å². The van der Waals surface area contributed by atoms with Gasteiger partial charge in [0.1, 0.15) is 0 Å². The van der Waals surface area contributed by atoms with Crippen molar-refractivity contribution in [1.82, 2.24) is 4.57 Å². The molecule has 13 heavy (non-hydrogen) atoms. The van der Waals surface area contributed by atoms with Gasteiger partial charge in [0, 0.05) is 24.7 Å². The molecule has 0 saturated carbocycles. The minimum atomic E-state index is 1.01. The molecule has 68 valence electrons. The molecule has 0 saturated heterocycles. The minimum absolute atomic E-state index is 1.01. The van der Waals surface area contributed by atoms with Crippen LogP contribution < -0.4 is 5.73 Å². The normalized spacial score (nSPS) is 10.8. The summed E-state index contributed by atoms with van der Waals surface area (Å²) in [5.41, 5.74) is 5.18. The number of fused-ring (bicyclic) bond motifs is 1. The molecule has 0 aliphatic carbocycles. The molecular formula is C11H15N2+. The zero-order chi connectivity index (χ0) is 9.10. The molecular weight excluding hydrogens is 160 g/mol. The molecule has 2 nitrogen and oxygen atoms in total. The van der Waals surface area contributed by atoms with Gasteiger partial charge in [0.15, 0.2) is 0 Å². The molecule has 0 radical (unpaired) electrons. The van der Waals surface area contributed by atoms with Crippen LogP contribution in [-0.2, 0) is 6.54 Å². The third kappa shape index (κ3) is 1.58. The molecule has 0 atom stereocenters. The van der Waals surface area contributed by atoms with Crippen LogP contribution in [0.1, 0.15) is 6.42 Å². The van der Waals surface area contributed by atoms with Crippen LogP contribution in [-0.4, -0.2) is 11.1 Å². The fraction of sp³-hybridized carbons (Fsp3) is 0.273. The molecule has 0 amide bonds. The Morgan fingerprint density at radius 2 is 2.00 bits per heavy atom. The molecule has 0 aliphatic heterocycles. The summed E-state index contributed by atoms with van der Waals surface area (Å²) in [4.78, 5) is 0. The van der Waals surface area contributed by atoms with Gasteiger partial charge < -0.3 is 10.3 Å². The lowest BCUT2D eigenvalue weighted by molar-refractivity contribution is -0.368. The molecule has 0 aliphatic rings.